The number of carbonyl (C=O) groups excluding carboxylic acids is 2. The van der Waals surface area contributed by atoms with Crippen LogP contribution in [-0.2, 0) is 22.7 Å². The van der Waals surface area contributed by atoms with Crippen molar-refractivity contribution in [3.8, 4) is 11.5 Å². The summed E-state index contributed by atoms with van der Waals surface area (Å²) >= 11 is 6.19. The molecule has 1 heterocycles. The van der Waals surface area contributed by atoms with Crippen LogP contribution in [-0.4, -0.2) is 35.0 Å². The molecule has 9 nitrogen and oxygen atoms in total. The molecular weight excluding hydrogens is 486 g/mol. The van der Waals surface area contributed by atoms with Gasteiger partial charge in [0.1, 0.15) is 23.8 Å². The summed E-state index contributed by atoms with van der Waals surface area (Å²) in [5.41, 5.74) is -0.422. The Balaban J connectivity index is 1.91. The number of hydrogen-bond donors (Lipinski definition) is 1. The predicted octanol–water partition coefficient (Wildman–Crippen LogP) is 3.87. The van der Waals surface area contributed by atoms with Gasteiger partial charge in [0.25, 0.3) is 5.56 Å². The van der Waals surface area contributed by atoms with Crippen molar-refractivity contribution < 1.29 is 19.1 Å². The molecule has 10 heteroatoms. The maximum absolute atomic E-state index is 13.3. The van der Waals surface area contributed by atoms with Gasteiger partial charge in [-0.3, -0.25) is 23.5 Å². The average molecular weight is 516 g/mol. The van der Waals surface area contributed by atoms with E-state index in [1.807, 2.05) is 13.8 Å². The van der Waals surface area contributed by atoms with Crippen LogP contribution >= 0.6 is 11.6 Å². The summed E-state index contributed by atoms with van der Waals surface area (Å²) < 4.78 is 12.8. The van der Waals surface area contributed by atoms with E-state index in [4.69, 9.17) is 21.1 Å². The van der Waals surface area contributed by atoms with E-state index in [1.165, 1.54) is 24.9 Å². The second kappa shape index (κ2) is 11.9. The number of halogens is 1. The van der Waals surface area contributed by atoms with Crippen molar-refractivity contribution in [2.45, 2.75) is 46.2 Å². The molecule has 1 aromatic heterocycles. The van der Waals surface area contributed by atoms with Crippen LogP contribution in [0.4, 0.5) is 5.69 Å². The molecule has 0 aliphatic carbocycles. The molecule has 3 aromatic rings. The number of benzene rings is 2. The number of methoxy groups -OCH3 is 2. The molecule has 0 unspecified atom stereocenters. The number of ether oxygens (including phenoxy) is 2. The Labute approximate surface area is 213 Å². The Hall–Kier alpha value is -3.59. The Morgan fingerprint density at radius 2 is 1.72 bits per heavy atom. The molecule has 0 aliphatic rings. The van der Waals surface area contributed by atoms with Gasteiger partial charge in [-0.25, -0.2) is 4.79 Å². The van der Waals surface area contributed by atoms with Gasteiger partial charge in [-0.2, -0.15) is 0 Å². The topological polar surface area (TPSA) is 109 Å². The number of rotatable bonds is 11. The SMILES string of the molecule is COc1cc(OC)c(NC(=O)Cn2c(=O)n(CCCC(=O)CC(C)C)c(=O)c3ccccc32)cc1Cl. The van der Waals surface area contributed by atoms with Crippen LogP contribution in [0.2, 0.25) is 5.02 Å². The number of carbonyl (C=O) groups is 2. The van der Waals surface area contributed by atoms with E-state index in [0.29, 0.717) is 40.9 Å². The van der Waals surface area contributed by atoms with Gasteiger partial charge in [0.05, 0.1) is 35.8 Å². The zero-order chi connectivity index (χ0) is 26.4. The molecule has 1 amide bonds. The van der Waals surface area contributed by atoms with E-state index in [1.54, 1.807) is 30.3 Å². The lowest BCUT2D eigenvalue weighted by molar-refractivity contribution is -0.120. The number of aromatic nitrogens is 2. The van der Waals surface area contributed by atoms with E-state index in [0.717, 1.165) is 4.57 Å². The van der Waals surface area contributed by atoms with Gasteiger partial charge >= 0.3 is 5.69 Å². The Bertz CT molecular complexity index is 1390. The Morgan fingerprint density at radius 3 is 2.39 bits per heavy atom. The lowest BCUT2D eigenvalue weighted by atomic mass is 10.0. The number of nitrogens with zero attached hydrogens (tertiary/aromatic N) is 2. The van der Waals surface area contributed by atoms with E-state index < -0.39 is 17.2 Å². The summed E-state index contributed by atoms with van der Waals surface area (Å²) in [5.74, 6) is 0.533. The van der Waals surface area contributed by atoms with Gasteiger partial charge in [-0.05, 0) is 30.5 Å². The van der Waals surface area contributed by atoms with Gasteiger partial charge in [0, 0.05) is 25.5 Å². The van der Waals surface area contributed by atoms with Crippen LogP contribution in [0.25, 0.3) is 10.9 Å². The number of amides is 1. The first kappa shape index (κ1) is 27.0. The zero-order valence-electron chi connectivity index (χ0n) is 20.8. The van der Waals surface area contributed by atoms with Gasteiger partial charge in [0.2, 0.25) is 5.91 Å². The van der Waals surface area contributed by atoms with Crippen molar-refractivity contribution in [2.24, 2.45) is 5.92 Å². The summed E-state index contributed by atoms with van der Waals surface area (Å²) in [6, 6.07) is 9.65. The van der Waals surface area contributed by atoms with E-state index >= 15 is 0 Å². The van der Waals surface area contributed by atoms with Gasteiger partial charge in [-0.15, -0.1) is 0 Å². The third kappa shape index (κ3) is 6.15. The molecule has 36 heavy (non-hydrogen) atoms. The molecule has 0 saturated carbocycles. The highest BCUT2D eigenvalue weighted by atomic mass is 35.5. The predicted molar refractivity (Wildman–Crippen MR) is 139 cm³/mol. The van der Waals surface area contributed by atoms with Crippen molar-refractivity contribution in [1.82, 2.24) is 9.13 Å². The number of para-hydroxylation sites is 1. The highest BCUT2D eigenvalue weighted by Crippen LogP contribution is 2.35. The first-order valence-electron chi connectivity index (χ1n) is 11.6. The second-order valence-electron chi connectivity index (χ2n) is 8.82. The average Bonchev–Trinajstić information content (AvgIpc) is 2.83. The van der Waals surface area contributed by atoms with E-state index in [2.05, 4.69) is 5.32 Å². The monoisotopic (exact) mass is 515 g/mol. The van der Waals surface area contributed by atoms with Crippen molar-refractivity contribution in [2.75, 3.05) is 19.5 Å². The maximum atomic E-state index is 13.3. The fraction of sp³-hybridized carbons (Fsp3) is 0.385. The van der Waals surface area contributed by atoms with Crippen molar-refractivity contribution in [1.29, 1.82) is 0 Å². The third-order valence-corrected chi connectivity index (χ3v) is 5.95. The molecule has 3 rings (SSSR count). The summed E-state index contributed by atoms with van der Waals surface area (Å²) in [7, 11) is 2.91. The molecule has 0 fully saturated rings. The molecule has 0 spiro atoms. The van der Waals surface area contributed by atoms with Crippen LogP contribution in [0, 0.1) is 5.92 Å². The Kier molecular flexibility index (Phi) is 8.93. The van der Waals surface area contributed by atoms with Crippen molar-refractivity contribution in [3.63, 3.8) is 0 Å². The normalized spacial score (nSPS) is 11.1. The van der Waals surface area contributed by atoms with Crippen LogP contribution in [0.3, 0.4) is 0 Å². The minimum absolute atomic E-state index is 0.0792. The van der Waals surface area contributed by atoms with Gasteiger partial charge in [-0.1, -0.05) is 37.6 Å². The highest BCUT2D eigenvalue weighted by Gasteiger charge is 2.18. The minimum atomic E-state index is -0.620. The number of nitrogens with one attached hydrogen (secondary N) is 1. The molecule has 0 atom stereocenters. The van der Waals surface area contributed by atoms with Crippen molar-refractivity contribution in [3.05, 3.63) is 62.3 Å². The van der Waals surface area contributed by atoms with Crippen LogP contribution < -0.4 is 26.0 Å². The molecular formula is C26H30ClN3O6. The number of ketones is 1. The largest absolute Gasteiger partial charge is 0.495 e. The first-order valence-corrected chi connectivity index (χ1v) is 12.0. The molecule has 0 bridgehead atoms. The molecule has 1 N–H and O–H groups in total. The standard InChI is InChI=1S/C26H30ClN3O6/c1-16(2)12-17(31)8-7-11-29-25(33)18-9-5-6-10-21(18)30(26(29)34)15-24(32)28-20-13-19(27)22(35-3)14-23(20)36-4/h5-6,9-10,13-14,16H,7-8,11-12,15H2,1-4H3,(H,28,32). The number of Topliss-reactive ketones (excluding diaryl/α,β-unsaturated/α-hetero) is 1. The fourth-order valence-electron chi connectivity index (χ4n) is 4.00. The lowest BCUT2D eigenvalue weighted by Crippen LogP contribution is -2.41. The number of anilines is 1. The van der Waals surface area contributed by atoms with E-state index in [-0.39, 0.29) is 36.2 Å². The van der Waals surface area contributed by atoms with Crippen LogP contribution in [0.1, 0.15) is 33.1 Å². The number of fused-ring (bicyclic) bond motifs is 1. The summed E-state index contributed by atoms with van der Waals surface area (Å²) in [6.45, 7) is 3.66. The molecule has 0 saturated heterocycles. The summed E-state index contributed by atoms with van der Waals surface area (Å²) in [6.07, 6.45) is 1.08. The number of hydrogen-bond acceptors (Lipinski definition) is 6. The maximum Gasteiger partial charge on any atom is 0.331 e. The minimum Gasteiger partial charge on any atom is -0.495 e. The lowest BCUT2D eigenvalue weighted by Gasteiger charge is -2.16. The van der Waals surface area contributed by atoms with Crippen molar-refractivity contribution >= 4 is 39.9 Å². The second-order valence-corrected chi connectivity index (χ2v) is 9.23. The molecule has 0 aliphatic heterocycles. The van der Waals surface area contributed by atoms with Crippen LogP contribution in [0.15, 0.2) is 46.0 Å². The van der Waals surface area contributed by atoms with E-state index in [9.17, 15) is 19.2 Å². The Morgan fingerprint density at radius 1 is 1.03 bits per heavy atom. The molecule has 192 valence electrons. The first-order chi connectivity index (χ1) is 17.2. The summed E-state index contributed by atoms with van der Waals surface area (Å²) in [5, 5.41) is 3.29. The molecule has 2 aromatic carbocycles. The fourth-order valence-corrected chi connectivity index (χ4v) is 4.24. The third-order valence-electron chi connectivity index (χ3n) is 5.66. The molecule has 0 radical (unpaired) electrons. The summed E-state index contributed by atoms with van der Waals surface area (Å²) in [4.78, 5) is 51.4. The highest BCUT2D eigenvalue weighted by molar-refractivity contribution is 6.32. The smallest absolute Gasteiger partial charge is 0.331 e. The van der Waals surface area contributed by atoms with Gasteiger partial charge < -0.3 is 14.8 Å². The zero-order valence-corrected chi connectivity index (χ0v) is 21.6. The quantitative estimate of drug-likeness (QED) is 0.415. The van der Waals surface area contributed by atoms with Crippen LogP contribution in [0.5, 0.6) is 11.5 Å². The van der Waals surface area contributed by atoms with Gasteiger partial charge in [0.15, 0.2) is 0 Å².